The summed E-state index contributed by atoms with van der Waals surface area (Å²) in [6.07, 6.45) is 5.00. The molecule has 0 aliphatic heterocycles. The SMILES string of the molecule is CC(=O)SCCCCCCN(C)C. The summed E-state index contributed by atoms with van der Waals surface area (Å²) in [7, 11) is 4.21. The Bertz CT molecular complexity index is 137. The maximum Gasteiger partial charge on any atom is 0.185 e. The highest BCUT2D eigenvalue weighted by Gasteiger charge is 1.95. The van der Waals surface area contributed by atoms with Gasteiger partial charge in [0.05, 0.1) is 0 Å². The number of carbonyl (C=O) groups is 1. The highest BCUT2D eigenvalue weighted by molar-refractivity contribution is 8.13. The van der Waals surface area contributed by atoms with Crippen LogP contribution in [-0.4, -0.2) is 36.4 Å². The van der Waals surface area contributed by atoms with Crippen molar-refractivity contribution in [2.45, 2.75) is 32.6 Å². The molecule has 0 aliphatic carbocycles. The lowest BCUT2D eigenvalue weighted by molar-refractivity contribution is -0.109. The Labute approximate surface area is 86.1 Å². The number of thioether (sulfide) groups is 1. The normalized spacial score (nSPS) is 10.8. The fourth-order valence-electron chi connectivity index (χ4n) is 1.10. The molecule has 0 aromatic heterocycles. The van der Waals surface area contributed by atoms with Crippen molar-refractivity contribution in [3.8, 4) is 0 Å². The zero-order valence-corrected chi connectivity index (χ0v) is 9.82. The Morgan fingerprint density at radius 3 is 2.31 bits per heavy atom. The highest BCUT2D eigenvalue weighted by atomic mass is 32.2. The Kier molecular flexibility index (Phi) is 8.56. The standard InChI is InChI=1S/C10H21NOS/c1-10(12)13-9-7-5-4-6-8-11(2)3/h4-9H2,1-3H3. The molecule has 78 valence electrons. The summed E-state index contributed by atoms with van der Waals surface area (Å²) in [4.78, 5) is 12.8. The van der Waals surface area contributed by atoms with Crippen LogP contribution in [0.4, 0.5) is 0 Å². The highest BCUT2D eigenvalue weighted by Crippen LogP contribution is 2.08. The van der Waals surface area contributed by atoms with Gasteiger partial charge in [-0.05, 0) is 33.5 Å². The molecule has 0 atom stereocenters. The number of carbonyl (C=O) groups excluding carboxylic acids is 1. The van der Waals surface area contributed by atoms with E-state index in [0.717, 1.165) is 5.75 Å². The molecule has 0 N–H and O–H groups in total. The van der Waals surface area contributed by atoms with Crippen molar-refractivity contribution in [1.82, 2.24) is 4.90 Å². The molecular weight excluding hydrogens is 182 g/mol. The summed E-state index contributed by atoms with van der Waals surface area (Å²) in [5.41, 5.74) is 0. The number of hydrogen-bond acceptors (Lipinski definition) is 3. The van der Waals surface area contributed by atoms with E-state index in [0.29, 0.717) is 0 Å². The predicted octanol–water partition coefficient (Wildman–Crippen LogP) is 2.39. The minimum atomic E-state index is 0.244. The molecule has 0 unspecified atom stereocenters. The second kappa shape index (κ2) is 8.57. The van der Waals surface area contributed by atoms with Crippen LogP contribution in [0.2, 0.25) is 0 Å². The van der Waals surface area contributed by atoms with E-state index < -0.39 is 0 Å². The third-order valence-corrected chi connectivity index (χ3v) is 2.70. The first-order chi connectivity index (χ1) is 6.13. The van der Waals surface area contributed by atoms with Crippen LogP contribution in [0.25, 0.3) is 0 Å². The van der Waals surface area contributed by atoms with Crippen LogP contribution in [0.3, 0.4) is 0 Å². The van der Waals surface area contributed by atoms with E-state index in [1.165, 1.54) is 44.0 Å². The lowest BCUT2D eigenvalue weighted by atomic mass is 10.2. The largest absolute Gasteiger partial charge is 0.309 e. The van der Waals surface area contributed by atoms with Crippen LogP contribution < -0.4 is 0 Å². The fraction of sp³-hybridized carbons (Fsp3) is 0.900. The monoisotopic (exact) mass is 203 g/mol. The van der Waals surface area contributed by atoms with Gasteiger partial charge < -0.3 is 4.90 Å². The van der Waals surface area contributed by atoms with Crippen molar-refractivity contribution in [3.05, 3.63) is 0 Å². The van der Waals surface area contributed by atoms with Gasteiger partial charge in [-0.25, -0.2) is 0 Å². The minimum Gasteiger partial charge on any atom is -0.309 e. The fourth-order valence-corrected chi connectivity index (χ4v) is 1.74. The summed E-state index contributed by atoms with van der Waals surface area (Å²) in [5.74, 6) is 0.997. The van der Waals surface area contributed by atoms with Crippen molar-refractivity contribution in [2.75, 3.05) is 26.4 Å². The quantitative estimate of drug-likeness (QED) is 0.593. The van der Waals surface area contributed by atoms with E-state index in [1.54, 1.807) is 6.92 Å². The van der Waals surface area contributed by atoms with Crippen molar-refractivity contribution < 1.29 is 4.79 Å². The van der Waals surface area contributed by atoms with Gasteiger partial charge in [-0.2, -0.15) is 0 Å². The molecule has 3 heteroatoms. The van der Waals surface area contributed by atoms with Crippen molar-refractivity contribution in [3.63, 3.8) is 0 Å². The van der Waals surface area contributed by atoms with E-state index in [2.05, 4.69) is 19.0 Å². The zero-order chi connectivity index (χ0) is 10.1. The van der Waals surface area contributed by atoms with Gasteiger partial charge >= 0.3 is 0 Å². The van der Waals surface area contributed by atoms with Crippen LogP contribution in [0, 0.1) is 0 Å². The van der Waals surface area contributed by atoms with Crippen LogP contribution in [0.15, 0.2) is 0 Å². The number of hydrogen-bond donors (Lipinski definition) is 0. The van der Waals surface area contributed by atoms with Gasteiger partial charge in [0.15, 0.2) is 5.12 Å². The molecule has 0 saturated heterocycles. The molecule has 0 aliphatic rings. The summed E-state index contributed by atoms with van der Waals surface area (Å²) in [6, 6.07) is 0. The molecule has 0 heterocycles. The van der Waals surface area contributed by atoms with Crippen molar-refractivity contribution in [1.29, 1.82) is 0 Å². The summed E-state index contributed by atoms with van der Waals surface area (Å²) >= 11 is 1.45. The second-order valence-electron chi connectivity index (χ2n) is 3.56. The van der Waals surface area contributed by atoms with E-state index in [-0.39, 0.29) is 5.12 Å². The molecule has 0 spiro atoms. The smallest absolute Gasteiger partial charge is 0.185 e. The van der Waals surface area contributed by atoms with Crippen LogP contribution in [-0.2, 0) is 4.79 Å². The average molecular weight is 203 g/mol. The summed E-state index contributed by atoms with van der Waals surface area (Å²) in [6.45, 7) is 2.82. The first-order valence-electron chi connectivity index (χ1n) is 4.91. The van der Waals surface area contributed by atoms with Gasteiger partial charge in [-0.1, -0.05) is 24.6 Å². The minimum absolute atomic E-state index is 0.244. The Balaban J connectivity index is 2.96. The molecule has 13 heavy (non-hydrogen) atoms. The van der Waals surface area contributed by atoms with Gasteiger partial charge in [0.25, 0.3) is 0 Å². The average Bonchev–Trinajstić information content (AvgIpc) is 2.01. The van der Waals surface area contributed by atoms with E-state index >= 15 is 0 Å². The van der Waals surface area contributed by atoms with Crippen LogP contribution in [0.1, 0.15) is 32.6 Å². The van der Waals surface area contributed by atoms with Crippen LogP contribution >= 0.6 is 11.8 Å². The summed E-state index contributed by atoms with van der Waals surface area (Å²) in [5, 5.41) is 0.244. The Morgan fingerprint density at radius 1 is 1.15 bits per heavy atom. The first kappa shape index (κ1) is 13.0. The molecule has 0 radical (unpaired) electrons. The lowest BCUT2D eigenvalue weighted by Crippen LogP contribution is -2.12. The predicted molar refractivity (Wildman–Crippen MR) is 60.2 cm³/mol. The summed E-state index contributed by atoms with van der Waals surface area (Å²) < 4.78 is 0. The number of unbranched alkanes of at least 4 members (excludes halogenated alkanes) is 3. The van der Waals surface area contributed by atoms with Gasteiger partial charge in [0, 0.05) is 12.7 Å². The number of nitrogens with zero attached hydrogens (tertiary/aromatic N) is 1. The number of rotatable bonds is 7. The van der Waals surface area contributed by atoms with Gasteiger partial charge in [-0.15, -0.1) is 0 Å². The Hall–Kier alpha value is -0.0200. The first-order valence-corrected chi connectivity index (χ1v) is 5.89. The van der Waals surface area contributed by atoms with E-state index in [1.807, 2.05) is 0 Å². The molecule has 2 nitrogen and oxygen atoms in total. The van der Waals surface area contributed by atoms with Crippen molar-refractivity contribution in [2.24, 2.45) is 0 Å². The maximum atomic E-state index is 10.6. The molecule has 0 aromatic rings. The van der Waals surface area contributed by atoms with Gasteiger partial charge in [0.2, 0.25) is 0 Å². The molecule has 0 amide bonds. The molecule has 0 aromatic carbocycles. The molecular formula is C10H21NOS. The van der Waals surface area contributed by atoms with Gasteiger partial charge in [0.1, 0.15) is 0 Å². The van der Waals surface area contributed by atoms with E-state index in [4.69, 9.17) is 0 Å². The van der Waals surface area contributed by atoms with E-state index in [9.17, 15) is 4.79 Å². The molecule has 0 saturated carbocycles. The Morgan fingerprint density at radius 2 is 1.77 bits per heavy atom. The molecule has 0 rings (SSSR count). The topological polar surface area (TPSA) is 20.3 Å². The lowest BCUT2D eigenvalue weighted by Gasteiger charge is -2.08. The molecule has 0 bridgehead atoms. The van der Waals surface area contributed by atoms with Gasteiger partial charge in [-0.3, -0.25) is 4.79 Å². The maximum absolute atomic E-state index is 10.6. The zero-order valence-electron chi connectivity index (χ0n) is 9.01. The third-order valence-electron chi connectivity index (χ3n) is 1.80. The van der Waals surface area contributed by atoms with Crippen LogP contribution in [0.5, 0.6) is 0 Å². The van der Waals surface area contributed by atoms with Crippen molar-refractivity contribution >= 4 is 16.9 Å². The second-order valence-corrected chi connectivity index (χ2v) is 4.83. The third kappa shape index (κ3) is 12.0. The molecule has 0 fully saturated rings.